The van der Waals surface area contributed by atoms with E-state index >= 15 is 0 Å². The second-order valence-corrected chi connectivity index (χ2v) is 8.02. The maximum absolute atomic E-state index is 13.0. The Morgan fingerprint density at radius 3 is 2.54 bits per heavy atom. The number of hydrogen-bond donors (Lipinski definition) is 1. The van der Waals surface area contributed by atoms with Gasteiger partial charge in [0.05, 0.1) is 22.8 Å². The molecule has 0 saturated carbocycles. The van der Waals surface area contributed by atoms with Gasteiger partial charge >= 0.3 is 0 Å². The minimum Gasteiger partial charge on any atom is -0.370 e. The molecule has 0 radical (unpaired) electrons. The van der Waals surface area contributed by atoms with Gasteiger partial charge in [0, 0.05) is 19.3 Å². The van der Waals surface area contributed by atoms with Gasteiger partial charge in [-0.3, -0.25) is 9.78 Å². The fourth-order valence-corrected chi connectivity index (χ4v) is 4.49. The van der Waals surface area contributed by atoms with Gasteiger partial charge in [-0.15, -0.1) is 11.3 Å². The van der Waals surface area contributed by atoms with E-state index in [1.807, 2.05) is 43.3 Å². The predicted molar refractivity (Wildman–Crippen MR) is 115 cm³/mol. The predicted octanol–water partition coefficient (Wildman–Crippen LogP) is 5.15. The van der Waals surface area contributed by atoms with Crippen LogP contribution in [0.2, 0.25) is 0 Å². The third-order valence-corrected chi connectivity index (χ3v) is 6.16. The van der Waals surface area contributed by atoms with Gasteiger partial charge in [-0.1, -0.05) is 31.0 Å². The van der Waals surface area contributed by atoms with Crippen molar-refractivity contribution in [2.24, 2.45) is 0 Å². The van der Waals surface area contributed by atoms with Gasteiger partial charge in [0.2, 0.25) is 0 Å². The zero-order chi connectivity index (χ0) is 19.3. The van der Waals surface area contributed by atoms with Crippen molar-refractivity contribution in [2.45, 2.75) is 32.6 Å². The first-order chi connectivity index (χ1) is 13.7. The molecule has 3 aromatic rings. The number of carbonyl (C=O) groups excluding carboxylic acids is 1. The Labute approximate surface area is 169 Å². The lowest BCUT2D eigenvalue weighted by molar-refractivity contribution is 0.103. The molecule has 4 rings (SSSR count). The summed E-state index contributed by atoms with van der Waals surface area (Å²) in [6.45, 7) is 3.95. The summed E-state index contributed by atoms with van der Waals surface area (Å²) in [5, 5.41) is 3.89. The van der Waals surface area contributed by atoms with Gasteiger partial charge < -0.3 is 10.2 Å². The van der Waals surface area contributed by atoms with Crippen LogP contribution >= 0.6 is 11.3 Å². The van der Waals surface area contributed by atoms with E-state index < -0.39 is 0 Å². The van der Waals surface area contributed by atoms with Crippen molar-refractivity contribution in [1.82, 2.24) is 9.97 Å². The van der Waals surface area contributed by atoms with Crippen molar-refractivity contribution < 1.29 is 4.79 Å². The lowest BCUT2D eigenvalue weighted by Crippen LogP contribution is -2.25. The molecule has 6 heteroatoms. The lowest BCUT2D eigenvalue weighted by Gasteiger charge is -2.25. The zero-order valence-electron chi connectivity index (χ0n) is 16.0. The highest BCUT2D eigenvalue weighted by molar-refractivity contribution is 7.17. The van der Waals surface area contributed by atoms with Gasteiger partial charge in [-0.25, -0.2) is 4.98 Å². The summed E-state index contributed by atoms with van der Waals surface area (Å²) in [5.41, 5.74) is 3.49. The van der Waals surface area contributed by atoms with Gasteiger partial charge in [0.25, 0.3) is 5.91 Å². The third kappa shape index (κ3) is 4.07. The van der Waals surface area contributed by atoms with Gasteiger partial charge in [0.15, 0.2) is 0 Å². The summed E-state index contributed by atoms with van der Waals surface area (Å²) in [5.74, 6) is -0.112. The molecule has 0 spiro atoms. The molecule has 0 aliphatic carbocycles. The normalized spacial score (nSPS) is 14.5. The molecule has 1 saturated heterocycles. The van der Waals surface area contributed by atoms with Crippen LogP contribution in [-0.2, 0) is 0 Å². The van der Waals surface area contributed by atoms with Gasteiger partial charge in [-0.05, 0) is 44.0 Å². The maximum Gasteiger partial charge on any atom is 0.267 e. The number of amides is 1. The quantitative estimate of drug-likeness (QED) is 0.667. The largest absolute Gasteiger partial charge is 0.370 e. The van der Waals surface area contributed by atoms with Crippen LogP contribution in [0, 0.1) is 6.92 Å². The number of para-hydroxylation sites is 2. The van der Waals surface area contributed by atoms with Gasteiger partial charge in [-0.2, -0.15) is 0 Å². The van der Waals surface area contributed by atoms with E-state index in [1.165, 1.54) is 37.0 Å². The first kappa shape index (κ1) is 18.6. The number of benzene rings is 1. The fourth-order valence-electron chi connectivity index (χ4n) is 3.55. The maximum atomic E-state index is 13.0. The van der Waals surface area contributed by atoms with Crippen LogP contribution in [0.15, 0.2) is 48.7 Å². The Hall–Kier alpha value is -2.73. The Balaban J connectivity index is 1.57. The summed E-state index contributed by atoms with van der Waals surface area (Å²) >= 11 is 1.39. The molecular weight excluding hydrogens is 368 g/mol. The first-order valence-electron chi connectivity index (χ1n) is 9.76. The molecule has 144 valence electrons. The third-order valence-electron chi connectivity index (χ3n) is 4.99. The second kappa shape index (κ2) is 8.52. The smallest absolute Gasteiger partial charge is 0.267 e. The van der Waals surface area contributed by atoms with Crippen molar-refractivity contribution in [3.05, 3.63) is 59.2 Å². The van der Waals surface area contributed by atoms with Crippen LogP contribution < -0.4 is 10.2 Å². The summed E-state index contributed by atoms with van der Waals surface area (Å²) in [4.78, 5) is 24.9. The molecule has 2 aromatic heterocycles. The molecule has 5 nitrogen and oxygen atoms in total. The number of aromatic nitrogens is 2. The van der Waals surface area contributed by atoms with E-state index in [0.717, 1.165) is 40.9 Å². The van der Waals surface area contributed by atoms with Crippen molar-refractivity contribution in [2.75, 3.05) is 23.3 Å². The van der Waals surface area contributed by atoms with Gasteiger partial charge in [0.1, 0.15) is 9.88 Å². The van der Waals surface area contributed by atoms with Crippen molar-refractivity contribution in [3.63, 3.8) is 0 Å². The zero-order valence-corrected chi connectivity index (χ0v) is 16.8. The number of anilines is 2. The number of carbonyl (C=O) groups is 1. The number of hydrogen-bond acceptors (Lipinski definition) is 5. The Bertz CT molecular complexity index is 946. The highest BCUT2D eigenvalue weighted by Crippen LogP contribution is 2.31. The molecule has 0 unspecified atom stereocenters. The number of thiazole rings is 1. The molecule has 1 fully saturated rings. The first-order valence-corrected chi connectivity index (χ1v) is 10.6. The Kier molecular flexibility index (Phi) is 5.67. The molecule has 1 aliphatic rings. The standard InChI is InChI=1S/C22H24N4OS/c1-16-20(28-22(24-16)18-11-6-7-13-23-18)21(27)25-17-10-4-5-12-19(17)26-14-8-2-3-9-15-26/h4-7,10-13H,2-3,8-9,14-15H2,1H3,(H,25,27). The Morgan fingerprint density at radius 2 is 1.79 bits per heavy atom. The monoisotopic (exact) mass is 392 g/mol. The SMILES string of the molecule is Cc1nc(-c2ccccn2)sc1C(=O)Nc1ccccc1N1CCCCCC1. The highest BCUT2D eigenvalue weighted by Gasteiger charge is 2.19. The van der Waals surface area contributed by atoms with E-state index in [9.17, 15) is 4.79 Å². The molecule has 1 aliphatic heterocycles. The van der Waals surface area contributed by atoms with Crippen molar-refractivity contribution in [3.8, 4) is 10.7 Å². The molecule has 1 aromatic carbocycles. The van der Waals surface area contributed by atoms with Crippen LogP contribution in [0.25, 0.3) is 10.7 Å². The average Bonchev–Trinajstić information content (AvgIpc) is 2.93. The molecular formula is C22H24N4OS. The van der Waals surface area contributed by atoms with E-state index in [1.54, 1.807) is 6.20 Å². The minimum absolute atomic E-state index is 0.112. The van der Waals surface area contributed by atoms with Crippen LogP contribution in [0.5, 0.6) is 0 Å². The fraction of sp³-hybridized carbons (Fsp3) is 0.318. The summed E-state index contributed by atoms with van der Waals surface area (Å²) in [6, 6.07) is 13.8. The number of aryl methyl sites for hydroxylation is 1. The van der Waals surface area contributed by atoms with E-state index in [2.05, 4.69) is 26.3 Å². The minimum atomic E-state index is -0.112. The summed E-state index contributed by atoms with van der Waals surface area (Å²) < 4.78 is 0. The number of pyridine rings is 1. The summed E-state index contributed by atoms with van der Waals surface area (Å²) in [7, 11) is 0. The van der Waals surface area contributed by atoms with Crippen LogP contribution in [0.4, 0.5) is 11.4 Å². The molecule has 0 bridgehead atoms. The number of nitrogens with one attached hydrogen (secondary N) is 1. The van der Waals surface area contributed by atoms with Crippen molar-refractivity contribution in [1.29, 1.82) is 0 Å². The second-order valence-electron chi connectivity index (χ2n) is 7.02. The van der Waals surface area contributed by atoms with Crippen molar-refractivity contribution >= 4 is 28.6 Å². The van der Waals surface area contributed by atoms with Crippen LogP contribution in [-0.4, -0.2) is 29.0 Å². The number of nitrogens with zero attached hydrogens (tertiary/aromatic N) is 3. The number of rotatable bonds is 4. The van der Waals surface area contributed by atoms with Crippen LogP contribution in [0.3, 0.4) is 0 Å². The molecule has 1 N–H and O–H groups in total. The average molecular weight is 393 g/mol. The lowest BCUT2D eigenvalue weighted by atomic mass is 10.2. The molecule has 0 atom stereocenters. The van der Waals surface area contributed by atoms with E-state index in [4.69, 9.17) is 0 Å². The van der Waals surface area contributed by atoms with E-state index in [-0.39, 0.29) is 5.91 Å². The van der Waals surface area contributed by atoms with E-state index in [0.29, 0.717) is 4.88 Å². The molecule has 1 amide bonds. The topological polar surface area (TPSA) is 58.1 Å². The highest BCUT2D eigenvalue weighted by atomic mass is 32.1. The summed E-state index contributed by atoms with van der Waals surface area (Å²) in [6.07, 6.45) is 6.69. The molecule has 28 heavy (non-hydrogen) atoms. The van der Waals surface area contributed by atoms with Crippen LogP contribution in [0.1, 0.15) is 41.0 Å². The molecule has 3 heterocycles. The Morgan fingerprint density at radius 1 is 1.04 bits per heavy atom.